The lowest BCUT2D eigenvalue weighted by atomic mass is 10.0. The molecular weight excluding hydrogens is 294 g/mol. The number of aliphatic hydroxyl groups is 1. The number of nitrogens with one attached hydrogen (secondary N) is 2. The maximum Gasteiger partial charge on any atom is 0.315 e. The number of aromatic nitrogens is 3. The first kappa shape index (κ1) is 17.0. The molecule has 0 fully saturated rings. The van der Waals surface area contributed by atoms with Gasteiger partial charge in [-0.15, -0.1) is 0 Å². The van der Waals surface area contributed by atoms with Gasteiger partial charge >= 0.3 is 6.03 Å². The second kappa shape index (κ2) is 8.28. The van der Waals surface area contributed by atoms with E-state index in [-0.39, 0.29) is 24.6 Å². The first-order valence-corrected chi connectivity index (χ1v) is 7.69. The highest BCUT2D eigenvalue weighted by Crippen LogP contribution is 2.08. The summed E-state index contributed by atoms with van der Waals surface area (Å²) < 4.78 is 1.67. The van der Waals surface area contributed by atoms with E-state index in [9.17, 15) is 4.79 Å². The first-order chi connectivity index (χ1) is 11.1. The van der Waals surface area contributed by atoms with Crippen LogP contribution in [0.4, 0.5) is 4.79 Å². The van der Waals surface area contributed by atoms with E-state index >= 15 is 0 Å². The average molecular weight is 317 g/mol. The predicted octanol–water partition coefficient (Wildman–Crippen LogP) is 1.47. The highest BCUT2D eigenvalue weighted by atomic mass is 16.3. The number of nitrogens with zero attached hydrogens (tertiary/aromatic N) is 3. The molecule has 1 aromatic carbocycles. The molecule has 2 aromatic rings. The molecule has 2 rings (SSSR count). The number of aliphatic hydroxyl groups excluding tert-OH is 1. The fourth-order valence-corrected chi connectivity index (χ4v) is 2.22. The molecule has 0 aliphatic carbocycles. The zero-order valence-electron chi connectivity index (χ0n) is 13.4. The van der Waals surface area contributed by atoms with Crippen LogP contribution in [0.1, 0.15) is 25.8 Å². The Morgan fingerprint density at radius 2 is 2.04 bits per heavy atom. The molecule has 0 aliphatic rings. The molecule has 124 valence electrons. The van der Waals surface area contributed by atoms with Gasteiger partial charge in [0.05, 0.1) is 5.69 Å². The molecule has 0 bridgehead atoms. The molecule has 2 amide bonds. The van der Waals surface area contributed by atoms with Gasteiger partial charge in [-0.2, -0.15) is 5.10 Å². The zero-order valence-corrected chi connectivity index (χ0v) is 13.4. The predicted molar refractivity (Wildman–Crippen MR) is 87.1 cm³/mol. The average Bonchev–Trinajstić information content (AvgIpc) is 3.07. The van der Waals surface area contributed by atoms with E-state index in [1.807, 2.05) is 38.1 Å². The van der Waals surface area contributed by atoms with Crippen LogP contribution in [0.25, 0.3) is 5.69 Å². The van der Waals surface area contributed by atoms with Crippen molar-refractivity contribution in [3.05, 3.63) is 42.5 Å². The molecule has 0 aliphatic heterocycles. The van der Waals surface area contributed by atoms with Crippen molar-refractivity contribution < 1.29 is 9.90 Å². The van der Waals surface area contributed by atoms with Gasteiger partial charge in [-0.1, -0.05) is 26.0 Å². The van der Waals surface area contributed by atoms with Crippen LogP contribution in [0, 0.1) is 5.92 Å². The maximum absolute atomic E-state index is 11.9. The van der Waals surface area contributed by atoms with Crippen molar-refractivity contribution in [3.63, 3.8) is 0 Å². The minimum atomic E-state index is -0.225. The van der Waals surface area contributed by atoms with Gasteiger partial charge in [-0.3, -0.25) is 0 Å². The molecule has 0 radical (unpaired) electrons. The van der Waals surface area contributed by atoms with Crippen molar-refractivity contribution in [2.45, 2.75) is 32.9 Å². The molecule has 7 heteroatoms. The third-order valence-corrected chi connectivity index (χ3v) is 3.63. The molecule has 1 unspecified atom stereocenters. The lowest BCUT2D eigenvalue weighted by molar-refractivity contribution is 0.218. The summed E-state index contributed by atoms with van der Waals surface area (Å²) in [7, 11) is 0. The lowest BCUT2D eigenvalue weighted by Gasteiger charge is -2.21. The van der Waals surface area contributed by atoms with Gasteiger partial charge < -0.3 is 15.7 Å². The minimum absolute atomic E-state index is 0.0327. The maximum atomic E-state index is 11.9. The number of rotatable bonds is 7. The first-order valence-electron chi connectivity index (χ1n) is 7.69. The molecule has 0 saturated carbocycles. The second-order valence-electron chi connectivity index (χ2n) is 5.70. The Bertz CT molecular complexity index is 595. The smallest absolute Gasteiger partial charge is 0.315 e. The van der Waals surface area contributed by atoms with Crippen molar-refractivity contribution in [3.8, 4) is 5.69 Å². The van der Waals surface area contributed by atoms with Gasteiger partial charge in [-0.05, 0) is 30.0 Å². The van der Waals surface area contributed by atoms with E-state index in [0.29, 0.717) is 13.0 Å². The van der Waals surface area contributed by atoms with Crippen molar-refractivity contribution in [2.75, 3.05) is 6.61 Å². The SMILES string of the molecule is CC(C)C(CCO)NC(=O)NCc1ccc(-n2cncn2)cc1. The van der Waals surface area contributed by atoms with Gasteiger partial charge in [0.25, 0.3) is 0 Å². The number of carbonyl (C=O) groups excluding carboxylic acids is 1. The number of carbonyl (C=O) groups is 1. The fourth-order valence-electron chi connectivity index (χ4n) is 2.22. The zero-order chi connectivity index (χ0) is 16.7. The normalized spacial score (nSPS) is 12.2. The van der Waals surface area contributed by atoms with Gasteiger partial charge in [0, 0.05) is 19.2 Å². The number of urea groups is 1. The van der Waals surface area contributed by atoms with E-state index in [1.54, 1.807) is 11.0 Å². The Hall–Kier alpha value is -2.41. The minimum Gasteiger partial charge on any atom is -0.396 e. The van der Waals surface area contributed by atoms with Crippen LogP contribution in [0.3, 0.4) is 0 Å². The molecule has 7 nitrogen and oxygen atoms in total. The Labute approximate surface area is 135 Å². The second-order valence-corrected chi connectivity index (χ2v) is 5.70. The molecule has 3 N–H and O–H groups in total. The van der Waals surface area contributed by atoms with Crippen LogP contribution in [-0.2, 0) is 6.54 Å². The molecule has 0 spiro atoms. The van der Waals surface area contributed by atoms with Crippen molar-refractivity contribution >= 4 is 6.03 Å². The van der Waals surface area contributed by atoms with Crippen LogP contribution in [-0.4, -0.2) is 38.6 Å². The standard InChI is InChI=1S/C16H23N5O2/c1-12(2)15(7-8-22)20-16(23)18-9-13-3-5-14(6-4-13)21-11-17-10-19-21/h3-6,10-12,15,22H,7-9H2,1-2H3,(H2,18,20,23). The number of benzene rings is 1. The number of amides is 2. The van der Waals surface area contributed by atoms with Crippen molar-refractivity contribution in [1.82, 2.24) is 25.4 Å². The van der Waals surface area contributed by atoms with E-state index < -0.39 is 0 Å². The summed E-state index contributed by atoms with van der Waals surface area (Å²) in [6, 6.07) is 7.46. The highest BCUT2D eigenvalue weighted by Gasteiger charge is 2.15. The third-order valence-electron chi connectivity index (χ3n) is 3.63. The van der Waals surface area contributed by atoms with Gasteiger partial charge in [0.15, 0.2) is 0 Å². The number of hydrogen-bond donors (Lipinski definition) is 3. The summed E-state index contributed by atoms with van der Waals surface area (Å²) >= 11 is 0. The van der Waals surface area contributed by atoms with Gasteiger partial charge in [-0.25, -0.2) is 14.5 Å². The summed E-state index contributed by atoms with van der Waals surface area (Å²) in [6.45, 7) is 4.53. The molecule has 1 heterocycles. The molecule has 1 aromatic heterocycles. The largest absolute Gasteiger partial charge is 0.396 e. The topological polar surface area (TPSA) is 92.1 Å². The third kappa shape index (κ3) is 5.07. The van der Waals surface area contributed by atoms with Crippen LogP contribution in [0.5, 0.6) is 0 Å². The van der Waals surface area contributed by atoms with Crippen molar-refractivity contribution in [2.24, 2.45) is 5.92 Å². The summed E-state index contributed by atoms with van der Waals surface area (Å²) in [5.41, 5.74) is 1.91. The summed E-state index contributed by atoms with van der Waals surface area (Å²) in [5, 5.41) is 18.8. The van der Waals surface area contributed by atoms with E-state index in [0.717, 1.165) is 11.3 Å². The van der Waals surface area contributed by atoms with Crippen molar-refractivity contribution in [1.29, 1.82) is 0 Å². The quantitative estimate of drug-likeness (QED) is 0.721. The van der Waals surface area contributed by atoms with Gasteiger partial charge in [0.2, 0.25) is 0 Å². The summed E-state index contributed by atoms with van der Waals surface area (Å²) in [4.78, 5) is 15.8. The fraction of sp³-hybridized carbons (Fsp3) is 0.438. The Morgan fingerprint density at radius 3 is 2.61 bits per heavy atom. The molecular formula is C16H23N5O2. The molecule has 0 saturated heterocycles. The van der Waals surface area contributed by atoms with Crippen LogP contribution < -0.4 is 10.6 Å². The molecule has 23 heavy (non-hydrogen) atoms. The Morgan fingerprint density at radius 1 is 1.30 bits per heavy atom. The van der Waals surface area contributed by atoms with Crippen LogP contribution in [0.2, 0.25) is 0 Å². The van der Waals surface area contributed by atoms with Crippen LogP contribution in [0.15, 0.2) is 36.9 Å². The number of hydrogen-bond acceptors (Lipinski definition) is 4. The Kier molecular flexibility index (Phi) is 6.10. The van der Waals surface area contributed by atoms with Gasteiger partial charge in [0.1, 0.15) is 12.7 Å². The van der Waals surface area contributed by atoms with E-state index in [1.165, 1.54) is 6.33 Å². The highest BCUT2D eigenvalue weighted by molar-refractivity contribution is 5.74. The Balaban J connectivity index is 1.84. The monoisotopic (exact) mass is 317 g/mol. The van der Waals surface area contributed by atoms with E-state index in [2.05, 4.69) is 20.7 Å². The van der Waals surface area contributed by atoms with Crippen LogP contribution >= 0.6 is 0 Å². The molecule has 1 atom stereocenters. The lowest BCUT2D eigenvalue weighted by Crippen LogP contribution is -2.44. The summed E-state index contributed by atoms with van der Waals surface area (Å²) in [6.07, 6.45) is 3.67. The van der Waals surface area contributed by atoms with E-state index in [4.69, 9.17) is 5.11 Å². The summed E-state index contributed by atoms with van der Waals surface area (Å²) in [5.74, 6) is 0.273.